The number of nitrogens with zero attached hydrogens (tertiary/aromatic N) is 1. The molecule has 0 rings (SSSR count). The summed E-state index contributed by atoms with van der Waals surface area (Å²) >= 11 is 0. The Kier molecular flexibility index (Phi) is 5.87. The molecule has 1 unspecified atom stereocenters. The van der Waals surface area contributed by atoms with Crippen molar-refractivity contribution in [3.63, 3.8) is 0 Å². The van der Waals surface area contributed by atoms with Gasteiger partial charge in [-0.2, -0.15) is 0 Å². The summed E-state index contributed by atoms with van der Waals surface area (Å²) in [5, 5.41) is 2.63. The fourth-order valence-corrected chi connectivity index (χ4v) is 1.06. The van der Waals surface area contributed by atoms with Gasteiger partial charge in [0, 0.05) is 13.1 Å². The second-order valence-electron chi connectivity index (χ2n) is 3.09. The van der Waals surface area contributed by atoms with E-state index in [1.165, 1.54) is 4.90 Å². The van der Waals surface area contributed by atoms with Crippen molar-refractivity contribution >= 4 is 11.8 Å². The predicted octanol–water partition coefficient (Wildman–Crippen LogP) is -0.682. The van der Waals surface area contributed by atoms with Crippen LogP contribution < -0.4 is 11.1 Å². The lowest BCUT2D eigenvalue weighted by atomic mass is 10.3. The third kappa shape index (κ3) is 4.23. The van der Waals surface area contributed by atoms with Crippen LogP contribution in [0.5, 0.6) is 0 Å². The fraction of sp³-hybridized carbons (Fsp3) is 0.778. The summed E-state index contributed by atoms with van der Waals surface area (Å²) in [7, 11) is 0. The lowest BCUT2D eigenvalue weighted by Crippen LogP contribution is -2.46. The molecule has 0 spiro atoms. The maximum Gasteiger partial charge on any atom is 0.239 e. The highest BCUT2D eigenvalue weighted by Gasteiger charge is 2.17. The highest BCUT2D eigenvalue weighted by Crippen LogP contribution is 1.92. The Hall–Kier alpha value is -1.10. The van der Waals surface area contributed by atoms with Gasteiger partial charge in [0.1, 0.15) is 0 Å². The summed E-state index contributed by atoms with van der Waals surface area (Å²) in [5.41, 5.74) is 5.44. The average Bonchev–Trinajstić information content (AvgIpc) is 2.13. The minimum absolute atomic E-state index is 0.0880. The molecule has 5 nitrogen and oxygen atoms in total. The lowest BCUT2D eigenvalue weighted by Gasteiger charge is -2.21. The molecule has 0 saturated heterocycles. The summed E-state index contributed by atoms with van der Waals surface area (Å²) < 4.78 is 0. The summed E-state index contributed by atoms with van der Waals surface area (Å²) in [6.07, 6.45) is 0. The molecule has 5 heteroatoms. The van der Waals surface area contributed by atoms with Gasteiger partial charge < -0.3 is 16.0 Å². The molecule has 14 heavy (non-hydrogen) atoms. The van der Waals surface area contributed by atoms with Gasteiger partial charge in [-0.05, 0) is 20.8 Å². The first-order valence-corrected chi connectivity index (χ1v) is 4.83. The van der Waals surface area contributed by atoms with Crippen LogP contribution in [0.1, 0.15) is 20.8 Å². The van der Waals surface area contributed by atoms with Crippen molar-refractivity contribution in [1.29, 1.82) is 0 Å². The number of carbonyl (C=O) groups is 2. The van der Waals surface area contributed by atoms with Crippen LogP contribution in [0.3, 0.4) is 0 Å². The van der Waals surface area contributed by atoms with Crippen LogP contribution in [-0.2, 0) is 9.59 Å². The summed E-state index contributed by atoms with van der Waals surface area (Å²) in [6, 6.07) is -0.552. The molecule has 0 aromatic carbocycles. The predicted molar refractivity (Wildman–Crippen MR) is 54.6 cm³/mol. The van der Waals surface area contributed by atoms with Gasteiger partial charge in [0.15, 0.2) is 0 Å². The van der Waals surface area contributed by atoms with Gasteiger partial charge in [-0.3, -0.25) is 9.59 Å². The molecular formula is C9H19N3O2. The van der Waals surface area contributed by atoms with Gasteiger partial charge >= 0.3 is 0 Å². The number of nitrogens with one attached hydrogen (secondary N) is 1. The number of hydrogen-bond acceptors (Lipinski definition) is 3. The quantitative estimate of drug-likeness (QED) is 0.618. The molecule has 0 aromatic rings. The maximum atomic E-state index is 11.4. The van der Waals surface area contributed by atoms with Crippen LogP contribution in [0.4, 0.5) is 0 Å². The van der Waals surface area contributed by atoms with Crippen molar-refractivity contribution in [3.8, 4) is 0 Å². The van der Waals surface area contributed by atoms with Crippen LogP contribution >= 0.6 is 0 Å². The van der Waals surface area contributed by atoms with Crippen LogP contribution in [-0.4, -0.2) is 42.4 Å². The van der Waals surface area contributed by atoms with E-state index in [2.05, 4.69) is 5.32 Å². The molecule has 0 saturated carbocycles. The Morgan fingerprint density at radius 2 is 2.00 bits per heavy atom. The SMILES string of the molecule is CCNC(=O)CN(CC)C(=O)C(C)N. The first-order chi connectivity index (χ1) is 6.52. The Morgan fingerprint density at radius 1 is 1.43 bits per heavy atom. The Labute approximate surface area is 84.6 Å². The number of rotatable bonds is 5. The molecule has 0 aliphatic carbocycles. The highest BCUT2D eigenvalue weighted by molar-refractivity contribution is 5.87. The normalized spacial score (nSPS) is 12.0. The minimum Gasteiger partial charge on any atom is -0.355 e. The smallest absolute Gasteiger partial charge is 0.239 e. The summed E-state index contributed by atoms with van der Waals surface area (Å²) in [4.78, 5) is 24.1. The molecule has 82 valence electrons. The zero-order valence-electron chi connectivity index (χ0n) is 9.04. The van der Waals surface area contributed by atoms with Gasteiger partial charge in [-0.1, -0.05) is 0 Å². The third-order valence-corrected chi connectivity index (χ3v) is 1.79. The van der Waals surface area contributed by atoms with E-state index in [1.807, 2.05) is 13.8 Å². The third-order valence-electron chi connectivity index (χ3n) is 1.79. The van der Waals surface area contributed by atoms with Gasteiger partial charge in [-0.25, -0.2) is 0 Å². The van der Waals surface area contributed by atoms with Crippen molar-refractivity contribution in [3.05, 3.63) is 0 Å². The maximum absolute atomic E-state index is 11.4. The van der Waals surface area contributed by atoms with Crippen LogP contribution in [0.15, 0.2) is 0 Å². The number of carbonyl (C=O) groups excluding carboxylic acids is 2. The lowest BCUT2D eigenvalue weighted by molar-refractivity contribution is -0.136. The minimum atomic E-state index is -0.552. The van der Waals surface area contributed by atoms with Crippen molar-refractivity contribution in [2.75, 3.05) is 19.6 Å². The molecule has 3 N–H and O–H groups in total. The second kappa shape index (κ2) is 6.37. The first-order valence-electron chi connectivity index (χ1n) is 4.83. The topological polar surface area (TPSA) is 75.4 Å². The van der Waals surface area contributed by atoms with Crippen LogP contribution in [0.25, 0.3) is 0 Å². The first kappa shape index (κ1) is 12.9. The number of nitrogens with two attached hydrogens (primary N) is 1. The van der Waals surface area contributed by atoms with Gasteiger partial charge in [0.25, 0.3) is 0 Å². The van der Waals surface area contributed by atoms with E-state index < -0.39 is 6.04 Å². The van der Waals surface area contributed by atoms with Gasteiger partial charge in [0.2, 0.25) is 11.8 Å². The summed E-state index contributed by atoms with van der Waals surface area (Å²) in [5.74, 6) is -0.345. The molecule has 1 atom stereocenters. The number of hydrogen-bond donors (Lipinski definition) is 2. The number of amides is 2. The molecule has 0 aromatic heterocycles. The monoisotopic (exact) mass is 201 g/mol. The zero-order valence-corrected chi connectivity index (χ0v) is 9.04. The molecule has 2 amide bonds. The van der Waals surface area contributed by atoms with Crippen LogP contribution in [0.2, 0.25) is 0 Å². The molecular weight excluding hydrogens is 182 g/mol. The molecule has 0 aliphatic heterocycles. The highest BCUT2D eigenvalue weighted by atomic mass is 16.2. The molecule has 0 aliphatic rings. The van der Waals surface area contributed by atoms with Crippen molar-refractivity contribution in [2.45, 2.75) is 26.8 Å². The van der Waals surface area contributed by atoms with Crippen molar-refractivity contribution in [2.24, 2.45) is 5.73 Å². The van der Waals surface area contributed by atoms with E-state index >= 15 is 0 Å². The van der Waals surface area contributed by atoms with E-state index in [1.54, 1.807) is 6.92 Å². The van der Waals surface area contributed by atoms with E-state index in [0.717, 1.165) is 0 Å². The molecule has 0 bridgehead atoms. The van der Waals surface area contributed by atoms with E-state index in [9.17, 15) is 9.59 Å². The zero-order chi connectivity index (χ0) is 11.1. The molecule has 0 fully saturated rings. The van der Waals surface area contributed by atoms with E-state index in [0.29, 0.717) is 13.1 Å². The Morgan fingerprint density at radius 3 is 2.36 bits per heavy atom. The Bertz CT molecular complexity index is 204. The fourth-order valence-electron chi connectivity index (χ4n) is 1.06. The largest absolute Gasteiger partial charge is 0.355 e. The van der Waals surface area contributed by atoms with Crippen molar-refractivity contribution in [1.82, 2.24) is 10.2 Å². The van der Waals surface area contributed by atoms with Gasteiger partial charge in [0.05, 0.1) is 12.6 Å². The molecule has 0 heterocycles. The van der Waals surface area contributed by atoms with E-state index in [4.69, 9.17) is 5.73 Å². The standard InChI is InChI=1S/C9H19N3O2/c1-4-11-8(13)6-12(5-2)9(14)7(3)10/h7H,4-6,10H2,1-3H3,(H,11,13). The van der Waals surface area contributed by atoms with Crippen LogP contribution in [0, 0.1) is 0 Å². The summed E-state index contributed by atoms with van der Waals surface area (Å²) in [6.45, 7) is 6.43. The molecule has 0 radical (unpaired) electrons. The average molecular weight is 201 g/mol. The van der Waals surface area contributed by atoms with Crippen molar-refractivity contribution < 1.29 is 9.59 Å². The Balaban J connectivity index is 4.15. The second-order valence-corrected chi connectivity index (χ2v) is 3.09. The van der Waals surface area contributed by atoms with E-state index in [-0.39, 0.29) is 18.4 Å². The van der Waals surface area contributed by atoms with Gasteiger partial charge in [-0.15, -0.1) is 0 Å². The number of likely N-dealkylation sites (N-methyl/N-ethyl adjacent to an activating group) is 2.